The van der Waals surface area contributed by atoms with Gasteiger partial charge in [0.05, 0.1) is 33.5 Å². The standard InChI is InChI=1S/C24H40O6/c1-5-6-7-8-9-10-11-12-13-14-15-16-17-29-30-24(25)20-18-21(26-2)23(28-4)22(19-20)27-3/h18-19H,5-17H2,1-4H3. The molecule has 0 amide bonds. The van der Waals surface area contributed by atoms with Crippen molar-refractivity contribution >= 4 is 5.97 Å². The molecule has 6 heteroatoms. The van der Waals surface area contributed by atoms with Crippen molar-refractivity contribution in [2.75, 3.05) is 27.9 Å². The van der Waals surface area contributed by atoms with Crippen LogP contribution in [-0.4, -0.2) is 33.9 Å². The van der Waals surface area contributed by atoms with Crippen molar-refractivity contribution < 1.29 is 28.8 Å². The Labute approximate surface area is 182 Å². The third kappa shape index (κ3) is 10.2. The van der Waals surface area contributed by atoms with Crippen molar-refractivity contribution in [2.45, 2.75) is 84.0 Å². The SMILES string of the molecule is CCCCCCCCCCCCCCOOC(=O)c1cc(OC)c(OC)c(OC)c1. The maximum atomic E-state index is 12.2. The summed E-state index contributed by atoms with van der Waals surface area (Å²) in [6, 6.07) is 3.08. The van der Waals surface area contributed by atoms with Crippen LogP contribution < -0.4 is 14.2 Å². The lowest BCUT2D eigenvalue weighted by Gasteiger charge is -2.13. The fraction of sp³-hybridized carbons (Fsp3) is 0.708. The van der Waals surface area contributed by atoms with Gasteiger partial charge >= 0.3 is 5.97 Å². The lowest BCUT2D eigenvalue weighted by Crippen LogP contribution is -2.08. The smallest absolute Gasteiger partial charge is 0.373 e. The Bertz CT molecular complexity index is 562. The highest BCUT2D eigenvalue weighted by Gasteiger charge is 2.18. The van der Waals surface area contributed by atoms with E-state index in [4.69, 9.17) is 24.0 Å². The number of methoxy groups -OCH3 is 3. The molecule has 0 aliphatic carbocycles. The summed E-state index contributed by atoms with van der Waals surface area (Å²) in [7, 11) is 4.50. The molecule has 1 rings (SSSR count). The van der Waals surface area contributed by atoms with E-state index in [-0.39, 0.29) is 5.56 Å². The van der Waals surface area contributed by atoms with Gasteiger partial charge in [0, 0.05) is 0 Å². The number of hydrogen-bond donors (Lipinski definition) is 0. The number of carbonyl (C=O) groups excluding carboxylic acids is 1. The van der Waals surface area contributed by atoms with Crippen LogP contribution in [0.1, 0.15) is 94.3 Å². The summed E-state index contributed by atoms with van der Waals surface area (Å²) in [4.78, 5) is 22.2. The number of hydrogen-bond acceptors (Lipinski definition) is 6. The summed E-state index contributed by atoms with van der Waals surface area (Å²) in [6.07, 6.45) is 15.3. The summed E-state index contributed by atoms with van der Waals surface area (Å²) in [5, 5.41) is 0. The molecule has 0 saturated carbocycles. The van der Waals surface area contributed by atoms with E-state index in [1.165, 1.54) is 97.7 Å². The number of rotatable bonds is 18. The fourth-order valence-electron chi connectivity index (χ4n) is 3.34. The second-order valence-corrected chi connectivity index (χ2v) is 7.50. The molecule has 30 heavy (non-hydrogen) atoms. The number of ether oxygens (including phenoxy) is 3. The predicted octanol–water partition coefficient (Wildman–Crippen LogP) is 6.50. The molecule has 0 aliphatic heterocycles. The third-order valence-corrected chi connectivity index (χ3v) is 5.12. The van der Waals surface area contributed by atoms with Crippen LogP contribution in [0.5, 0.6) is 17.2 Å². The Balaban J connectivity index is 2.13. The van der Waals surface area contributed by atoms with E-state index in [0.29, 0.717) is 23.9 Å². The fourth-order valence-corrected chi connectivity index (χ4v) is 3.34. The van der Waals surface area contributed by atoms with Crippen LogP contribution in [0, 0.1) is 0 Å². The molecular weight excluding hydrogens is 384 g/mol. The van der Waals surface area contributed by atoms with Crippen LogP contribution in [-0.2, 0) is 9.78 Å². The Morgan fingerprint density at radius 3 is 1.60 bits per heavy atom. The van der Waals surface area contributed by atoms with Crippen LogP contribution in [0.4, 0.5) is 0 Å². The highest BCUT2D eigenvalue weighted by atomic mass is 17.2. The largest absolute Gasteiger partial charge is 0.493 e. The minimum atomic E-state index is -0.590. The summed E-state index contributed by atoms with van der Waals surface area (Å²) in [5.41, 5.74) is 0.277. The maximum absolute atomic E-state index is 12.2. The van der Waals surface area contributed by atoms with Gasteiger partial charge in [0.2, 0.25) is 5.75 Å². The molecule has 0 aliphatic rings. The van der Waals surface area contributed by atoms with Crippen LogP contribution in [0.3, 0.4) is 0 Å². The van der Waals surface area contributed by atoms with Gasteiger partial charge in [0.15, 0.2) is 11.5 Å². The van der Waals surface area contributed by atoms with Crippen molar-refractivity contribution in [3.63, 3.8) is 0 Å². The molecular formula is C24H40O6. The maximum Gasteiger partial charge on any atom is 0.373 e. The zero-order chi connectivity index (χ0) is 22.0. The molecule has 0 aromatic heterocycles. The molecule has 0 radical (unpaired) electrons. The Hall–Kier alpha value is -1.95. The highest BCUT2D eigenvalue weighted by molar-refractivity contribution is 5.90. The van der Waals surface area contributed by atoms with Crippen molar-refractivity contribution in [3.8, 4) is 17.2 Å². The van der Waals surface area contributed by atoms with E-state index in [0.717, 1.165) is 12.8 Å². The molecule has 0 unspecified atom stereocenters. The van der Waals surface area contributed by atoms with Crippen LogP contribution in [0.15, 0.2) is 12.1 Å². The Morgan fingerprint density at radius 1 is 0.700 bits per heavy atom. The highest BCUT2D eigenvalue weighted by Crippen LogP contribution is 2.38. The average molecular weight is 425 g/mol. The van der Waals surface area contributed by atoms with Crippen LogP contribution in [0.25, 0.3) is 0 Å². The molecule has 0 bridgehead atoms. The summed E-state index contributed by atoms with van der Waals surface area (Å²) >= 11 is 0. The lowest BCUT2D eigenvalue weighted by atomic mass is 10.1. The van der Waals surface area contributed by atoms with E-state index >= 15 is 0 Å². The molecule has 0 N–H and O–H groups in total. The zero-order valence-corrected chi connectivity index (χ0v) is 19.3. The van der Waals surface area contributed by atoms with Gasteiger partial charge in [-0.1, -0.05) is 77.6 Å². The van der Waals surface area contributed by atoms with Gasteiger partial charge in [-0.15, -0.1) is 0 Å². The van der Waals surface area contributed by atoms with Gasteiger partial charge < -0.3 is 14.2 Å². The first-order valence-electron chi connectivity index (χ1n) is 11.3. The van der Waals surface area contributed by atoms with Gasteiger partial charge in [-0.05, 0) is 18.6 Å². The molecule has 0 atom stereocenters. The zero-order valence-electron chi connectivity index (χ0n) is 19.3. The topological polar surface area (TPSA) is 63.2 Å². The summed E-state index contributed by atoms with van der Waals surface area (Å²) in [6.45, 7) is 2.65. The normalized spacial score (nSPS) is 10.7. The average Bonchev–Trinajstić information content (AvgIpc) is 2.77. The van der Waals surface area contributed by atoms with Crippen molar-refractivity contribution in [1.82, 2.24) is 0 Å². The lowest BCUT2D eigenvalue weighted by molar-refractivity contribution is -0.241. The molecule has 0 spiro atoms. The predicted molar refractivity (Wildman–Crippen MR) is 119 cm³/mol. The van der Waals surface area contributed by atoms with E-state index < -0.39 is 5.97 Å². The Kier molecular flexibility index (Phi) is 14.6. The van der Waals surface area contributed by atoms with Crippen molar-refractivity contribution in [2.24, 2.45) is 0 Å². The quantitative estimate of drug-likeness (QED) is 0.152. The molecule has 1 aromatic carbocycles. The second kappa shape index (κ2) is 16.8. The van der Waals surface area contributed by atoms with Gasteiger partial charge in [0.1, 0.15) is 0 Å². The van der Waals surface area contributed by atoms with Gasteiger partial charge in [0.25, 0.3) is 0 Å². The van der Waals surface area contributed by atoms with E-state index in [1.54, 1.807) is 0 Å². The first-order chi connectivity index (χ1) is 14.7. The molecule has 1 aromatic rings. The van der Waals surface area contributed by atoms with E-state index in [2.05, 4.69) is 6.92 Å². The Morgan fingerprint density at radius 2 is 1.17 bits per heavy atom. The summed E-state index contributed by atoms with van der Waals surface area (Å²) in [5.74, 6) is 0.622. The molecule has 172 valence electrons. The van der Waals surface area contributed by atoms with Gasteiger partial charge in [-0.3, -0.25) is 4.89 Å². The number of benzene rings is 1. The minimum Gasteiger partial charge on any atom is -0.493 e. The first kappa shape index (κ1) is 26.1. The molecule has 0 fully saturated rings. The monoisotopic (exact) mass is 424 g/mol. The number of carbonyl (C=O) groups is 1. The molecule has 0 saturated heterocycles. The second-order valence-electron chi connectivity index (χ2n) is 7.50. The third-order valence-electron chi connectivity index (χ3n) is 5.12. The van der Waals surface area contributed by atoms with Crippen molar-refractivity contribution in [1.29, 1.82) is 0 Å². The van der Waals surface area contributed by atoms with Gasteiger partial charge in [-0.25, -0.2) is 4.79 Å². The summed E-state index contributed by atoms with van der Waals surface area (Å²) < 4.78 is 15.7. The van der Waals surface area contributed by atoms with Crippen LogP contribution in [0.2, 0.25) is 0 Å². The van der Waals surface area contributed by atoms with Crippen molar-refractivity contribution in [3.05, 3.63) is 17.7 Å². The van der Waals surface area contributed by atoms with Crippen LogP contribution >= 0.6 is 0 Å². The molecule has 6 nitrogen and oxygen atoms in total. The number of unbranched alkanes of at least 4 members (excludes halogenated alkanes) is 11. The minimum absolute atomic E-state index is 0.277. The van der Waals surface area contributed by atoms with Gasteiger partial charge in [-0.2, -0.15) is 4.89 Å². The molecule has 0 heterocycles. The van der Waals surface area contributed by atoms with E-state index in [1.807, 2.05) is 0 Å². The van der Waals surface area contributed by atoms with E-state index in [9.17, 15) is 4.79 Å². The first-order valence-corrected chi connectivity index (χ1v) is 11.3.